The average molecular weight is 381 g/mol. The molecular formula is C20H20FN5O2. The van der Waals surface area contributed by atoms with Gasteiger partial charge in [0.15, 0.2) is 5.82 Å². The second kappa shape index (κ2) is 7.75. The van der Waals surface area contributed by atoms with Crippen LogP contribution < -0.4 is 4.74 Å². The van der Waals surface area contributed by atoms with E-state index in [-0.39, 0.29) is 23.3 Å². The number of nitrogens with zero attached hydrogens (tertiary/aromatic N) is 5. The van der Waals surface area contributed by atoms with Gasteiger partial charge in [-0.1, -0.05) is 6.07 Å². The normalized spacial score (nSPS) is 16.8. The quantitative estimate of drug-likeness (QED) is 0.695. The number of halogens is 1. The van der Waals surface area contributed by atoms with Crippen molar-refractivity contribution in [2.75, 3.05) is 13.1 Å². The lowest BCUT2D eigenvalue weighted by Gasteiger charge is -2.33. The third kappa shape index (κ3) is 3.71. The minimum absolute atomic E-state index is 0.0564. The number of hydrogen-bond acceptors (Lipinski definition) is 5. The molecule has 0 aliphatic carbocycles. The molecular weight excluding hydrogens is 361 g/mol. The zero-order valence-corrected chi connectivity index (χ0v) is 15.5. The van der Waals surface area contributed by atoms with Gasteiger partial charge in [-0.05, 0) is 43.5 Å². The Morgan fingerprint density at radius 3 is 2.82 bits per heavy atom. The van der Waals surface area contributed by atoms with Crippen LogP contribution in [0.1, 0.15) is 28.8 Å². The first kappa shape index (κ1) is 18.1. The second-order valence-corrected chi connectivity index (χ2v) is 6.76. The number of hydrogen-bond donors (Lipinski definition) is 0. The Hall–Kier alpha value is -3.29. The zero-order valence-electron chi connectivity index (χ0n) is 15.5. The van der Waals surface area contributed by atoms with Crippen molar-refractivity contribution in [2.45, 2.75) is 25.9 Å². The van der Waals surface area contributed by atoms with E-state index in [2.05, 4.69) is 15.2 Å². The van der Waals surface area contributed by atoms with E-state index in [1.807, 2.05) is 19.1 Å². The topological polar surface area (TPSA) is 73.1 Å². The number of aromatic nitrogens is 4. The van der Waals surface area contributed by atoms with Gasteiger partial charge in [-0.2, -0.15) is 10.2 Å². The van der Waals surface area contributed by atoms with Gasteiger partial charge in [-0.3, -0.25) is 4.79 Å². The number of aryl methyl sites for hydroxylation is 1. The van der Waals surface area contributed by atoms with Gasteiger partial charge in [0.05, 0.1) is 24.5 Å². The van der Waals surface area contributed by atoms with Crippen LogP contribution in [0, 0.1) is 12.7 Å². The van der Waals surface area contributed by atoms with Crippen LogP contribution in [0.5, 0.6) is 5.88 Å². The molecule has 1 atom stereocenters. The van der Waals surface area contributed by atoms with Crippen molar-refractivity contribution in [3.8, 4) is 11.6 Å². The summed E-state index contributed by atoms with van der Waals surface area (Å²) in [6.45, 7) is 2.97. The highest BCUT2D eigenvalue weighted by molar-refractivity contribution is 5.97. The molecule has 1 aromatic carbocycles. The SMILES string of the molecule is Cc1ccnc(O[C@@H]2CCCN(C(=O)c3cccc(F)c3-n3nccn3)C2)c1. The highest BCUT2D eigenvalue weighted by atomic mass is 19.1. The molecule has 1 amide bonds. The van der Waals surface area contributed by atoms with Crippen LogP contribution >= 0.6 is 0 Å². The summed E-state index contributed by atoms with van der Waals surface area (Å²) >= 11 is 0. The number of pyridine rings is 1. The van der Waals surface area contributed by atoms with Gasteiger partial charge in [0.1, 0.15) is 11.8 Å². The molecule has 7 nitrogen and oxygen atoms in total. The van der Waals surface area contributed by atoms with E-state index < -0.39 is 5.82 Å². The third-order valence-corrected chi connectivity index (χ3v) is 4.68. The lowest BCUT2D eigenvalue weighted by Crippen LogP contribution is -2.44. The van der Waals surface area contributed by atoms with E-state index >= 15 is 0 Å². The number of piperidine rings is 1. The van der Waals surface area contributed by atoms with Crippen molar-refractivity contribution in [1.82, 2.24) is 24.9 Å². The lowest BCUT2D eigenvalue weighted by atomic mass is 10.1. The third-order valence-electron chi connectivity index (χ3n) is 4.68. The van der Waals surface area contributed by atoms with Crippen molar-refractivity contribution < 1.29 is 13.9 Å². The molecule has 8 heteroatoms. The first-order chi connectivity index (χ1) is 13.6. The zero-order chi connectivity index (χ0) is 19.5. The molecule has 1 saturated heterocycles. The Labute approximate surface area is 161 Å². The van der Waals surface area contributed by atoms with E-state index in [9.17, 15) is 9.18 Å². The van der Waals surface area contributed by atoms with E-state index in [4.69, 9.17) is 4.74 Å². The van der Waals surface area contributed by atoms with Crippen LogP contribution in [-0.2, 0) is 0 Å². The largest absolute Gasteiger partial charge is 0.472 e. The molecule has 0 bridgehead atoms. The number of carbonyl (C=O) groups is 1. The summed E-state index contributed by atoms with van der Waals surface area (Å²) in [5, 5.41) is 7.95. The number of benzene rings is 1. The van der Waals surface area contributed by atoms with Gasteiger partial charge < -0.3 is 9.64 Å². The van der Waals surface area contributed by atoms with Gasteiger partial charge in [0, 0.05) is 18.8 Å². The van der Waals surface area contributed by atoms with E-state index in [1.54, 1.807) is 17.2 Å². The lowest BCUT2D eigenvalue weighted by molar-refractivity contribution is 0.0527. The first-order valence-electron chi connectivity index (χ1n) is 9.15. The molecule has 0 N–H and O–H groups in total. The van der Waals surface area contributed by atoms with E-state index in [1.165, 1.54) is 24.5 Å². The first-order valence-corrected chi connectivity index (χ1v) is 9.15. The number of carbonyl (C=O) groups excluding carboxylic acids is 1. The van der Waals surface area contributed by atoms with Crippen LogP contribution in [0.3, 0.4) is 0 Å². The summed E-state index contributed by atoms with van der Waals surface area (Å²) in [7, 11) is 0. The Morgan fingerprint density at radius 2 is 2.04 bits per heavy atom. The van der Waals surface area contributed by atoms with E-state index in [0.29, 0.717) is 19.0 Å². The van der Waals surface area contributed by atoms with Crippen LogP contribution in [0.25, 0.3) is 5.69 Å². The van der Waals surface area contributed by atoms with Gasteiger partial charge >= 0.3 is 0 Å². The molecule has 1 fully saturated rings. The molecule has 144 valence electrons. The fraction of sp³-hybridized carbons (Fsp3) is 0.300. The van der Waals surface area contributed by atoms with Gasteiger partial charge in [0.2, 0.25) is 5.88 Å². The number of rotatable bonds is 4. The predicted molar refractivity (Wildman–Crippen MR) is 99.8 cm³/mol. The van der Waals surface area contributed by atoms with Crippen LogP contribution in [0.15, 0.2) is 48.9 Å². The number of ether oxygens (including phenoxy) is 1. The fourth-order valence-corrected chi connectivity index (χ4v) is 3.36. The summed E-state index contributed by atoms with van der Waals surface area (Å²) in [5.41, 5.74) is 1.34. The van der Waals surface area contributed by atoms with Gasteiger partial charge in [-0.25, -0.2) is 9.37 Å². The number of para-hydroxylation sites is 1. The molecule has 1 aliphatic rings. The number of amides is 1. The molecule has 0 saturated carbocycles. The summed E-state index contributed by atoms with van der Waals surface area (Å²) in [6.07, 6.45) is 6.06. The summed E-state index contributed by atoms with van der Waals surface area (Å²) in [4.78, 5) is 20.2. The number of likely N-dealkylation sites (tertiary alicyclic amines) is 1. The highest BCUT2D eigenvalue weighted by Crippen LogP contribution is 2.23. The molecule has 0 radical (unpaired) electrons. The van der Waals surface area contributed by atoms with Gasteiger partial charge in [-0.15, -0.1) is 4.80 Å². The Balaban J connectivity index is 1.55. The van der Waals surface area contributed by atoms with Crippen LogP contribution in [0.2, 0.25) is 0 Å². The monoisotopic (exact) mass is 381 g/mol. The summed E-state index contributed by atoms with van der Waals surface area (Å²) in [6, 6.07) is 8.18. The van der Waals surface area contributed by atoms with Crippen molar-refractivity contribution in [3.05, 3.63) is 65.9 Å². The van der Waals surface area contributed by atoms with Gasteiger partial charge in [0.25, 0.3) is 5.91 Å². The maximum Gasteiger partial charge on any atom is 0.256 e. The van der Waals surface area contributed by atoms with Crippen molar-refractivity contribution in [1.29, 1.82) is 0 Å². The van der Waals surface area contributed by atoms with Crippen molar-refractivity contribution >= 4 is 5.91 Å². The van der Waals surface area contributed by atoms with Crippen molar-refractivity contribution in [3.63, 3.8) is 0 Å². The molecule has 2 aromatic heterocycles. The molecule has 3 aromatic rings. The standard InChI is InChI=1S/C20H20FN5O2/c1-14-7-8-22-18(12-14)28-15-4-3-11-25(13-15)20(27)16-5-2-6-17(21)19(16)26-23-9-10-24-26/h2,5-10,12,15H,3-4,11,13H2,1H3/t15-/m1/s1. The maximum atomic E-state index is 14.4. The summed E-state index contributed by atoms with van der Waals surface area (Å²) < 4.78 is 20.4. The average Bonchev–Trinajstić information content (AvgIpc) is 3.22. The minimum Gasteiger partial charge on any atom is -0.472 e. The smallest absolute Gasteiger partial charge is 0.256 e. The van der Waals surface area contributed by atoms with Crippen molar-refractivity contribution in [2.24, 2.45) is 0 Å². The maximum absolute atomic E-state index is 14.4. The van der Waals surface area contributed by atoms with E-state index in [0.717, 1.165) is 23.2 Å². The summed E-state index contributed by atoms with van der Waals surface area (Å²) in [5.74, 6) is -0.264. The Bertz CT molecular complexity index is 976. The van der Waals surface area contributed by atoms with Crippen LogP contribution in [-0.4, -0.2) is 50.0 Å². The minimum atomic E-state index is -0.546. The molecule has 28 heavy (non-hydrogen) atoms. The molecule has 4 rings (SSSR count). The molecule has 1 aliphatic heterocycles. The Morgan fingerprint density at radius 1 is 1.21 bits per heavy atom. The second-order valence-electron chi connectivity index (χ2n) is 6.76. The molecule has 3 heterocycles. The highest BCUT2D eigenvalue weighted by Gasteiger charge is 2.28. The molecule has 0 unspecified atom stereocenters. The van der Waals surface area contributed by atoms with Crippen LogP contribution in [0.4, 0.5) is 4.39 Å². The predicted octanol–water partition coefficient (Wildman–Crippen LogP) is 2.79. The Kier molecular flexibility index (Phi) is 5.01. The fourth-order valence-electron chi connectivity index (χ4n) is 3.36. The molecule has 0 spiro atoms.